The molecule has 23 heavy (non-hydrogen) atoms. The second kappa shape index (κ2) is 6.75. The number of hydrogen-bond acceptors (Lipinski definition) is 2. The summed E-state index contributed by atoms with van der Waals surface area (Å²) in [7, 11) is 1.89. The first kappa shape index (κ1) is 16.1. The number of fused-ring (bicyclic) bond motifs is 1. The topological polar surface area (TPSA) is 45.3 Å². The Labute approximate surface area is 137 Å². The number of aromatic nitrogens is 1. The predicted molar refractivity (Wildman–Crippen MR) is 92.9 cm³/mol. The number of aryl methyl sites for hydroxylation is 2. The number of ether oxygens (including phenoxy) is 1. The van der Waals surface area contributed by atoms with Crippen LogP contribution in [-0.2, 0) is 4.74 Å². The van der Waals surface area contributed by atoms with E-state index in [1.807, 2.05) is 24.1 Å². The molecule has 2 aromatic rings. The van der Waals surface area contributed by atoms with E-state index in [9.17, 15) is 4.79 Å². The van der Waals surface area contributed by atoms with Gasteiger partial charge in [0, 0.05) is 31.3 Å². The highest BCUT2D eigenvalue weighted by atomic mass is 16.5. The number of hydrogen-bond donors (Lipinski definition) is 1. The minimum Gasteiger partial charge on any atom is -0.378 e. The van der Waals surface area contributed by atoms with Gasteiger partial charge in [0.2, 0.25) is 0 Å². The van der Waals surface area contributed by atoms with Crippen LogP contribution >= 0.6 is 0 Å². The standard InChI is InChI=1S/C19H26N2O2/c1-13-14(2)20-18-16(13)9-4-10-17(18)19(22)21(3)11-5-7-15-8-6-12-23-15/h4,9-10,15,20H,5-8,11-12H2,1-3H3/t15-/m1/s1. The lowest BCUT2D eigenvalue weighted by molar-refractivity contribution is 0.0764. The van der Waals surface area contributed by atoms with E-state index < -0.39 is 0 Å². The Morgan fingerprint density at radius 3 is 2.96 bits per heavy atom. The zero-order valence-corrected chi connectivity index (χ0v) is 14.3. The van der Waals surface area contributed by atoms with Crippen molar-refractivity contribution in [3.05, 3.63) is 35.0 Å². The summed E-state index contributed by atoms with van der Waals surface area (Å²) in [6.07, 6.45) is 4.77. The zero-order valence-electron chi connectivity index (χ0n) is 14.3. The number of H-pyrrole nitrogens is 1. The molecule has 1 saturated heterocycles. The Morgan fingerprint density at radius 2 is 2.22 bits per heavy atom. The quantitative estimate of drug-likeness (QED) is 0.912. The first-order chi connectivity index (χ1) is 11.1. The van der Waals surface area contributed by atoms with Gasteiger partial charge in [-0.05, 0) is 51.2 Å². The number of rotatable bonds is 5. The van der Waals surface area contributed by atoms with Gasteiger partial charge in [0.15, 0.2) is 0 Å². The van der Waals surface area contributed by atoms with Gasteiger partial charge in [0.25, 0.3) is 5.91 Å². The van der Waals surface area contributed by atoms with Crippen LogP contribution in [0.5, 0.6) is 0 Å². The number of amides is 1. The lowest BCUT2D eigenvalue weighted by Gasteiger charge is -2.18. The molecule has 1 aromatic heterocycles. The van der Waals surface area contributed by atoms with Crippen molar-refractivity contribution < 1.29 is 9.53 Å². The second-order valence-electron chi connectivity index (χ2n) is 6.61. The van der Waals surface area contributed by atoms with E-state index >= 15 is 0 Å². The molecular weight excluding hydrogens is 288 g/mol. The Bertz CT molecular complexity index is 699. The molecule has 1 aliphatic heterocycles. The fourth-order valence-corrected chi connectivity index (χ4v) is 3.40. The maximum absolute atomic E-state index is 12.8. The number of carbonyl (C=O) groups is 1. The first-order valence-corrected chi connectivity index (χ1v) is 8.53. The van der Waals surface area contributed by atoms with Gasteiger partial charge in [-0.15, -0.1) is 0 Å². The Kier molecular flexibility index (Phi) is 4.71. The van der Waals surface area contributed by atoms with Crippen molar-refractivity contribution in [3.63, 3.8) is 0 Å². The van der Waals surface area contributed by atoms with Gasteiger partial charge in [0.1, 0.15) is 0 Å². The highest BCUT2D eigenvalue weighted by Crippen LogP contribution is 2.25. The number of benzene rings is 1. The molecule has 0 saturated carbocycles. The van der Waals surface area contributed by atoms with Gasteiger partial charge in [0.05, 0.1) is 17.2 Å². The number of aromatic amines is 1. The highest BCUT2D eigenvalue weighted by molar-refractivity contribution is 6.06. The molecule has 1 aromatic carbocycles. The Balaban J connectivity index is 1.68. The molecule has 3 rings (SSSR count). The SMILES string of the molecule is Cc1[nH]c2c(C(=O)N(C)CCC[C@@H]3CCCO3)cccc2c1C. The van der Waals surface area contributed by atoms with Crippen molar-refractivity contribution in [2.75, 3.05) is 20.2 Å². The summed E-state index contributed by atoms with van der Waals surface area (Å²) in [6, 6.07) is 5.95. The summed E-state index contributed by atoms with van der Waals surface area (Å²) >= 11 is 0. The summed E-state index contributed by atoms with van der Waals surface area (Å²) in [5.74, 6) is 0.0872. The summed E-state index contributed by atoms with van der Waals surface area (Å²) in [5, 5.41) is 1.14. The van der Waals surface area contributed by atoms with Crippen LogP contribution in [0, 0.1) is 13.8 Å². The van der Waals surface area contributed by atoms with Gasteiger partial charge in [-0.25, -0.2) is 0 Å². The van der Waals surface area contributed by atoms with Gasteiger partial charge < -0.3 is 14.6 Å². The van der Waals surface area contributed by atoms with E-state index in [0.29, 0.717) is 6.10 Å². The average molecular weight is 314 g/mol. The van der Waals surface area contributed by atoms with Gasteiger partial charge in [-0.1, -0.05) is 12.1 Å². The lowest BCUT2D eigenvalue weighted by atomic mass is 10.1. The summed E-state index contributed by atoms with van der Waals surface area (Å²) in [6.45, 7) is 5.81. The molecular formula is C19H26N2O2. The molecule has 1 N–H and O–H groups in total. The normalized spacial score (nSPS) is 17.8. The monoisotopic (exact) mass is 314 g/mol. The van der Waals surface area contributed by atoms with Crippen molar-refractivity contribution in [2.24, 2.45) is 0 Å². The van der Waals surface area contributed by atoms with E-state index in [0.717, 1.165) is 54.6 Å². The molecule has 0 radical (unpaired) electrons. The predicted octanol–water partition coefficient (Wildman–Crippen LogP) is 3.82. The summed E-state index contributed by atoms with van der Waals surface area (Å²) < 4.78 is 5.65. The molecule has 1 atom stereocenters. The van der Waals surface area contributed by atoms with Crippen LogP contribution in [0.1, 0.15) is 47.3 Å². The average Bonchev–Trinajstić information content (AvgIpc) is 3.16. The third-order valence-corrected chi connectivity index (χ3v) is 4.96. The van der Waals surface area contributed by atoms with Crippen LogP contribution in [0.2, 0.25) is 0 Å². The van der Waals surface area contributed by atoms with Gasteiger partial charge in [-0.2, -0.15) is 0 Å². The van der Waals surface area contributed by atoms with Crippen molar-refractivity contribution in [1.82, 2.24) is 9.88 Å². The maximum Gasteiger partial charge on any atom is 0.255 e. The molecule has 0 spiro atoms. The van der Waals surface area contributed by atoms with Crippen LogP contribution in [-0.4, -0.2) is 42.1 Å². The van der Waals surface area contributed by atoms with E-state index in [1.54, 1.807) is 0 Å². The molecule has 0 aliphatic carbocycles. The van der Waals surface area contributed by atoms with Gasteiger partial charge in [-0.3, -0.25) is 4.79 Å². The van der Waals surface area contributed by atoms with E-state index in [1.165, 1.54) is 12.0 Å². The van der Waals surface area contributed by atoms with E-state index in [2.05, 4.69) is 24.9 Å². The fourth-order valence-electron chi connectivity index (χ4n) is 3.40. The zero-order chi connectivity index (χ0) is 16.4. The molecule has 1 fully saturated rings. The molecule has 4 heteroatoms. The molecule has 0 bridgehead atoms. The fraction of sp³-hybridized carbons (Fsp3) is 0.526. The van der Waals surface area contributed by atoms with Crippen LogP contribution in [0.4, 0.5) is 0 Å². The number of nitrogens with zero attached hydrogens (tertiary/aromatic N) is 1. The van der Waals surface area contributed by atoms with Crippen molar-refractivity contribution in [2.45, 2.75) is 45.6 Å². The number of nitrogens with one attached hydrogen (secondary N) is 1. The van der Waals surface area contributed by atoms with Crippen molar-refractivity contribution in [3.8, 4) is 0 Å². The highest BCUT2D eigenvalue weighted by Gasteiger charge is 2.19. The Morgan fingerprint density at radius 1 is 1.39 bits per heavy atom. The van der Waals surface area contributed by atoms with Crippen LogP contribution in [0.25, 0.3) is 10.9 Å². The Hall–Kier alpha value is -1.81. The maximum atomic E-state index is 12.8. The minimum absolute atomic E-state index is 0.0872. The van der Waals surface area contributed by atoms with Gasteiger partial charge >= 0.3 is 0 Å². The smallest absolute Gasteiger partial charge is 0.255 e. The van der Waals surface area contributed by atoms with E-state index in [4.69, 9.17) is 4.74 Å². The number of para-hydroxylation sites is 1. The minimum atomic E-state index is 0.0872. The molecule has 1 aliphatic rings. The molecule has 124 valence electrons. The van der Waals surface area contributed by atoms with Crippen LogP contribution in [0.3, 0.4) is 0 Å². The first-order valence-electron chi connectivity index (χ1n) is 8.53. The van der Waals surface area contributed by atoms with Crippen molar-refractivity contribution in [1.29, 1.82) is 0 Å². The summed E-state index contributed by atoms with van der Waals surface area (Å²) in [4.78, 5) is 18.0. The largest absolute Gasteiger partial charge is 0.378 e. The third-order valence-electron chi connectivity index (χ3n) is 4.96. The van der Waals surface area contributed by atoms with Crippen molar-refractivity contribution >= 4 is 16.8 Å². The van der Waals surface area contributed by atoms with E-state index in [-0.39, 0.29) is 5.91 Å². The van der Waals surface area contributed by atoms with Crippen LogP contribution in [0.15, 0.2) is 18.2 Å². The third kappa shape index (κ3) is 3.27. The summed E-state index contributed by atoms with van der Waals surface area (Å²) in [5.41, 5.74) is 4.06. The molecule has 0 unspecified atom stereocenters. The molecule has 2 heterocycles. The molecule has 1 amide bonds. The molecule has 4 nitrogen and oxygen atoms in total. The second-order valence-corrected chi connectivity index (χ2v) is 6.61. The number of carbonyl (C=O) groups excluding carboxylic acids is 1. The van der Waals surface area contributed by atoms with Crippen LogP contribution < -0.4 is 0 Å². The lowest BCUT2D eigenvalue weighted by Crippen LogP contribution is -2.28.